The highest BCUT2D eigenvalue weighted by Crippen LogP contribution is 2.29. The van der Waals surface area contributed by atoms with E-state index in [1.807, 2.05) is 24.3 Å². The molecule has 2 aromatic carbocycles. The SMILES string of the molecule is COc1cccc(CC(Br)c2ccc(OC(F)F)cc2)c1. The summed E-state index contributed by atoms with van der Waals surface area (Å²) in [5, 5.41) is 0. The van der Waals surface area contributed by atoms with Gasteiger partial charge in [-0.1, -0.05) is 40.2 Å². The fourth-order valence-corrected chi connectivity index (χ4v) is 2.66. The number of alkyl halides is 3. The number of methoxy groups -OCH3 is 1. The number of ether oxygens (including phenoxy) is 2. The third-order valence-corrected chi connectivity index (χ3v) is 3.87. The molecule has 0 spiro atoms. The second-order valence-corrected chi connectivity index (χ2v) is 5.58. The third kappa shape index (κ3) is 4.70. The van der Waals surface area contributed by atoms with E-state index in [0.29, 0.717) is 0 Å². The minimum Gasteiger partial charge on any atom is -0.497 e. The fourth-order valence-electron chi connectivity index (χ4n) is 1.98. The molecule has 0 aliphatic heterocycles. The van der Waals surface area contributed by atoms with Crippen molar-refractivity contribution in [3.63, 3.8) is 0 Å². The van der Waals surface area contributed by atoms with Crippen molar-refractivity contribution in [2.45, 2.75) is 17.9 Å². The lowest BCUT2D eigenvalue weighted by Crippen LogP contribution is -2.02. The molecule has 0 bridgehead atoms. The quantitative estimate of drug-likeness (QED) is 0.680. The van der Waals surface area contributed by atoms with E-state index in [-0.39, 0.29) is 10.6 Å². The summed E-state index contributed by atoms with van der Waals surface area (Å²) in [6.45, 7) is -2.80. The van der Waals surface area contributed by atoms with Gasteiger partial charge in [0.2, 0.25) is 0 Å². The summed E-state index contributed by atoms with van der Waals surface area (Å²) < 4.78 is 33.7. The van der Waals surface area contributed by atoms with Gasteiger partial charge in [-0.3, -0.25) is 0 Å². The van der Waals surface area contributed by atoms with Crippen LogP contribution >= 0.6 is 15.9 Å². The average molecular weight is 357 g/mol. The van der Waals surface area contributed by atoms with Crippen molar-refractivity contribution >= 4 is 15.9 Å². The maximum atomic E-state index is 12.1. The Balaban J connectivity index is 2.03. The van der Waals surface area contributed by atoms with E-state index in [4.69, 9.17) is 4.74 Å². The number of hydrogen-bond acceptors (Lipinski definition) is 2. The van der Waals surface area contributed by atoms with E-state index in [2.05, 4.69) is 20.7 Å². The molecule has 2 aromatic rings. The van der Waals surface area contributed by atoms with Gasteiger partial charge in [0.1, 0.15) is 11.5 Å². The molecule has 0 aliphatic carbocycles. The largest absolute Gasteiger partial charge is 0.497 e. The zero-order valence-electron chi connectivity index (χ0n) is 11.4. The summed E-state index contributed by atoms with van der Waals surface area (Å²) in [7, 11) is 1.63. The lowest BCUT2D eigenvalue weighted by molar-refractivity contribution is -0.0498. The zero-order chi connectivity index (χ0) is 15.2. The van der Waals surface area contributed by atoms with Gasteiger partial charge in [0.25, 0.3) is 0 Å². The molecule has 0 heterocycles. The van der Waals surface area contributed by atoms with Crippen LogP contribution in [0.2, 0.25) is 0 Å². The Morgan fingerprint density at radius 1 is 1.05 bits per heavy atom. The molecule has 2 rings (SSSR count). The topological polar surface area (TPSA) is 18.5 Å². The monoisotopic (exact) mass is 356 g/mol. The van der Waals surface area contributed by atoms with Gasteiger partial charge in [0.05, 0.1) is 7.11 Å². The van der Waals surface area contributed by atoms with Gasteiger partial charge in [-0.25, -0.2) is 0 Å². The summed E-state index contributed by atoms with van der Waals surface area (Å²) in [5.74, 6) is 0.975. The lowest BCUT2D eigenvalue weighted by atomic mass is 10.0. The molecule has 0 N–H and O–H groups in total. The summed E-state index contributed by atoms with van der Waals surface area (Å²) in [6.07, 6.45) is 0.770. The van der Waals surface area contributed by atoms with Crippen LogP contribution in [-0.4, -0.2) is 13.7 Å². The highest BCUT2D eigenvalue weighted by atomic mass is 79.9. The normalized spacial score (nSPS) is 12.2. The van der Waals surface area contributed by atoms with Crippen molar-refractivity contribution in [1.29, 1.82) is 0 Å². The van der Waals surface area contributed by atoms with Gasteiger partial charge < -0.3 is 9.47 Å². The molecule has 1 atom stereocenters. The predicted molar refractivity (Wildman–Crippen MR) is 81.4 cm³/mol. The Labute approximate surface area is 130 Å². The first-order chi connectivity index (χ1) is 10.1. The Bertz CT molecular complexity index is 573. The smallest absolute Gasteiger partial charge is 0.387 e. The van der Waals surface area contributed by atoms with Gasteiger partial charge in [-0.05, 0) is 41.8 Å². The second kappa shape index (κ2) is 7.41. The molecular weight excluding hydrogens is 342 g/mol. The molecule has 0 saturated carbocycles. The molecule has 0 amide bonds. The number of hydrogen-bond donors (Lipinski definition) is 0. The van der Waals surface area contributed by atoms with Crippen LogP contribution in [0, 0.1) is 0 Å². The summed E-state index contributed by atoms with van der Waals surface area (Å²) in [5.41, 5.74) is 2.13. The Morgan fingerprint density at radius 2 is 1.76 bits per heavy atom. The highest BCUT2D eigenvalue weighted by Gasteiger charge is 2.10. The number of rotatable bonds is 6. The minimum absolute atomic E-state index is 0.0882. The molecule has 0 radical (unpaired) electrons. The lowest BCUT2D eigenvalue weighted by Gasteiger charge is -2.12. The maximum Gasteiger partial charge on any atom is 0.387 e. The summed E-state index contributed by atoms with van der Waals surface area (Å²) in [6, 6.07) is 14.5. The molecule has 21 heavy (non-hydrogen) atoms. The molecule has 112 valence electrons. The van der Waals surface area contributed by atoms with Crippen LogP contribution in [0.4, 0.5) is 8.78 Å². The van der Waals surface area contributed by atoms with E-state index in [0.717, 1.165) is 23.3 Å². The first kappa shape index (κ1) is 15.8. The van der Waals surface area contributed by atoms with Crippen LogP contribution in [-0.2, 0) is 6.42 Å². The van der Waals surface area contributed by atoms with Gasteiger partial charge in [0, 0.05) is 4.83 Å². The second-order valence-electron chi connectivity index (χ2n) is 4.47. The van der Waals surface area contributed by atoms with Gasteiger partial charge in [-0.15, -0.1) is 0 Å². The van der Waals surface area contributed by atoms with E-state index in [1.54, 1.807) is 31.4 Å². The zero-order valence-corrected chi connectivity index (χ0v) is 13.0. The van der Waals surface area contributed by atoms with E-state index >= 15 is 0 Å². The standard InChI is InChI=1S/C16H15BrF2O2/c1-20-14-4-2-3-11(9-14)10-15(17)12-5-7-13(8-6-12)21-16(18)19/h2-9,15-16H,10H2,1H3. The summed E-state index contributed by atoms with van der Waals surface area (Å²) in [4.78, 5) is 0.0882. The molecule has 0 aromatic heterocycles. The Kier molecular flexibility index (Phi) is 5.56. The minimum atomic E-state index is -2.80. The number of benzene rings is 2. The van der Waals surface area contributed by atoms with Crippen molar-refractivity contribution in [2.75, 3.05) is 7.11 Å². The predicted octanol–water partition coefficient (Wildman–Crippen LogP) is 4.98. The molecule has 2 nitrogen and oxygen atoms in total. The van der Waals surface area contributed by atoms with E-state index in [1.165, 1.54) is 0 Å². The van der Waals surface area contributed by atoms with Crippen molar-refractivity contribution in [1.82, 2.24) is 0 Å². The molecule has 0 fully saturated rings. The fraction of sp³-hybridized carbons (Fsp3) is 0.250. The Morgan fingerprint density at radius 3 is 2.38 bits per heavy atom. The summed E-state index contributed by atoms with van der Waals surface area (Å²) >= 11 is 3.61. The van der Waals surface area contributed by atoms with Crippen molar-refractivity contribution < 1.29 is 18.3 Å². The van der Waals surface area contributed by atoms with Crippen LogP contribution < -0.4 is 9.47 Å². The highest BCUT2D eigenvalue weighted by molar-refractivity contribution is 9.09. The van der Waals surface area contributed by atoms with Crippen LogP contribution in [0.25, 0.3) is 0 Å². The van der Waals surface area contributed by atoms with Crippen LogP contribution in [0.1, 0.15) is 16.0 Å². The molecule has 0 aliphatic rings. The van der Waals surface area contributed by atoms with Crippen LogP contribution in [0.3, 0.4) is 0 Å². The molecule has 0 saturated heterocycles. The average Bonchev–Trinajstić information content (AvgIpc) is 2.47. The third-order valence-electron chi connectivity index (χ3n) is 3.02. The molecular formula is C16H15BrF2O2. The first-order valence-corrected chi connectivity index (χ1v) is 7.32. The van der Waals surface area contributed by atoms with Crippen LogP contribution in [0.15, 0.2) is 48.5 Å². The van der Waals surface area contributed by atoms with E-state index in [9.17, 15) is 8.78 Å². The molecule has 1 unspecified atom stereocenters. The van der Waals surface area contributed by atoms with E-state index < -0.39 is 6.61 Å². The first-order valence-electron chi connectivity index (χ1n) is 6.40. The maximum absolute atomic E-state index is 12.1. The van der Waals surface area contributed by atoms with Crippen molar-refractivity contribution in [3.8, 4) is 11.5 Å². The van der Waals surface area contributed by atoms with Crippen molar-refractivity contribution in [3.05, 3.63) is 59.7 Å². The van der Waals surface area contributed by atoms with Crippen molar-refractivity contribution in [2.24, 2.45) is 0 Å². The van der Waals surface area contributed by atoms with Gasteiger partial charge in [0.15, 0.2) is 0 Å². The Hall–Kier alpha value is -1.62. The van der Waals surface area contributed by atoms with Gasteiger partial charge >= 0.3 is 6.61 Å². The van der Waals surface area contributed by atoms with Crippen LogP contribution in [0.5, 0.6) is 11.5 Å². The number of halogens is 3. The van der Waals surface area contributed by atoms with Gasteiger partial charge in [-0.2, -0.15) is 8.78 Å². The molecule has 5 heteroatoms.